The Morgan fingerprint density at radius 3 is 2.62 bits per heavy atom. The Kier molecular flexibility index (Phi) is 6.75. The number of hydrogen-bond donors (Lipinski definition) is 0. The first-order valence-electron chi connectivity index (χ1n) is 13.2. The Morgan fingerprint density at radius 2 is 1.87 bits per heavy atom. The Labute approximate surface area is 237 Å². The van der Waals surface area contributed by atoms with E-state index >= 15 is 0 Å². The fourth-order valence-electron chi connectivity index (χ4n) is 5.40. The van der Waals surface area contributed by atoms with Crippen LogP contribution in [0.15, 0.2) is 42.5 Å². The van der Waals surface area contributed by atoms with Crippen LogP contribution < -0.4 is 14.4 Å². The fourth-order valence-corrected chi connectivity index (χ4v) is 6.77. The third kappa shape index (κ3) is 4.87. The van der Waals surface area contributed by atoms with Gasteiger partial charge in [-0.2, -0.15) is 5.10 Å². The molecule has 1 atom stereocenters. The maximum Gasteiger partial charge on any atom is 0.242 e. The molecule has 0 spiro atoms. The first-order chi connectivity index (χ1) is 18.7. The maximum absolute atomic E-state index is 13.8. The number of carbonyl (C=O) groups is 2. The molecule has 1 fully saturated rings. The van der Waals surface area contributed by atoms with Crippen molar-refractivity contribution >= 4 is 41.0 Å². The van der Waals surface area contributed by atoms with Crippen LogP contribution in [-0.2, 0) is 15.0 Å². The summed E-state index contributed by atoms with van der Waals surface area (Å²) in [5, 5.41) is 5.47. The van der Waals surface area contributed by atoms with Crippen LogP contribution in [0, 0.1) is 0 Å². The molecule has 0 aliphatic carbocycles. The molecule has 0 radical (unpaired) electrons. The van der Waals surface area contributed by atoms with Gasteiger partial charge in [0, 0.05) is 29.1 Å². The molecule has 0 unspecified atom stereocenters. The summed E-state index contributed by atoms with van der Waals surface area (Å²) < 4.78 is 13.0. The smallest absolute Gasteiger partial charge is 0.242 e. The van der Waals surface area contributed by atoms with Crippen LogP contribution in [0.4, 0.5) is 5.82 Å². The fraction of sp³-hybridized carbons (Fsp3) is 0.414. The number of carbonyl (C=O) groups excluding carboxylic acids is 2. The van der Waals surface area contributed by atoms with Crippen LogP contribution >= 0.6 is 23.4 Å². The number of benzene rings is 2. The zero-order valence-electron chi connectivity index (χ0n) is 22.3. The van der Waals surface area contributed by atoms with Gasteiger partial charge < -0.3 is 14.4 Å². The van der Waals surface area contributed by atoms with E-state index < -0.39 is 0 Å². The highest BCUT2D eigenvalue weighted by Gasteiger charge is 2.40. The second-order valence-electron chi connectivity index (χ2n) is 11.1. The highest BCUT2D eigenvalue weighted by molar-refractivity contribution is 8.00. The standard InChI is InChI=1S/C29H31ClN4O4S/c1-29(2,3)27-25-26(18-9-10-21-22(13-18)38-17-37-21)39-16-24(36)33(15-23(35)32-11-4-5-12-32)28(25)34(31-27)20-8-6-7-19(30)14-20/h6-10,13-14,26H,4-5,11-12,15-17H2,1-3H3/t26-/m1/s1. The van der Waals surface area contributed by atoms with Crippen molar-refractivity contribution in [1.29, 1.82) is 0 Å². The van der Waals surface area contributed by atoms with Gasteiger partial charge in [0.15, 0.2) is 11.5 Å². The summed E-state index contributed by atoms with van der Waals surface area (Å²) in [5.74, 6) is 2.06. The van der Waals surface area contributed by atoms with Crippen molar-refractivity contribution in [1.82, 2.24) is 14.7 Å². The zero-order chi connectivity index (χ0) is 27.3. The van der Waals surface area contributed by atoms with E-state index in [1.165, 1.54) is 0 Å². The molecule has 3 aliphatic heterocycles. The second-order valence-corrected chi connectivity index (χ2v) is 12.6. The summed E-state index contributed by atoms with van der Waals surface area (Å²) in [6, 6.07) is 13.4. The van der Waals surface area contributed by atoms with Crippen molar-refractivity contribution in [3.63, 3.8) is 0 Å². The minimum Gasteiger partial charge on any atom is -0.454 e. The number of rotatable bonds is 4. The number of likely N-dealkylation sites (tertiary alicyclic amines) is 1. The van der Waals surface area contributed by atoms with Crippen molar-refractivity contribution in [2.24, 2.45) is 0 Å². The molecule has 3 aromatic rings. The molecule has 0 saturated carbocycles. The lowest BCUT2D eigenvalue weighted by atomic mass is 9.87. The maximum atomic E-state index is 13.8. The van der Waals surface area contributed by atoms with Crippen LogP contribution in [-0.4, -0.2) is 58.7 Å². The zero-order valence-corrected chi connectivity index (χ0v) is 23.8. The van der Waals surface area contributed by atoms with Crippen molar-refractivity contribution in [3.05, 3.63) is 64.3 Å². The quantitative estimate of drug-likeness (QED) is 0.424. The molecule has 39 heavy (non-hydrogen) atoms. The normalized spacial score (nSPS) is 18.9. The molecule has 0 N–H and O–H groups in total. The SMILES string of the molecule is CC(C)(C)c1nn(-c2cccc(Cl)c2)c2c1[C@@H](c1ccc3c(c1)OCO3)SCC(=O)N2CC(=O)N1CCCC1. The summed E-state index contributed by atoms with van der Waals surface area (Å²) in [4.78, 5) is 30.7. The van der Waals surface area contributed by atoms with E-state index in [-0.39, 0.29) is 41.6 Å². The summed E-state index contributed by atoms with van der Waals surface area (Å²) in [6.07, 6.45) is 1.98. The molecule has 1 saturated heterocycles. The molecule has 2 aromatic carbocycles. The van der Waals surface area contributed by atoms with Gasteiger partial charge in [-0.05, 0) is 48.7 Å². The summed E-state index contributed by atoms with van der Waals surface area (Å²) in [5.41, 5.74) is 3.16. The van der Waals surface area contributed by atoms with E-state index in [0.29, 0.717) is 22.3 Å². The number of aromatic nitrogens is 2. The Balaban J connectivity index is 1.57. The lowest BCUT2D eigenvalue weighted by molar-refractivity contribution is -0.130. The predicted octanol–water partition coefficient (Wildman–Crippen LogP) is 5.34. The summed E-state index contributed by atoms with van der Waals surface area (Å²) in [7, 11) is 0. The predicted molar refractivity (Wildman–Crippen MR) is 152 cm³/mol. The molecule has 1 aromatic heterocycles. The highest BCUT2D eigenvalue weighted by Crippen LogP contribution is 2.50. The highest BCUT2D eigenvalue weighted by atomic mass is 35.5. The van der Waals surface area contributed by atoms with Gasteiger partial charge in [-0.25, -0.2) is 4.68 Å². The number of amides is 2. The van der Waals surface area contributed by atoms with E-state index in [4.69, 9.17) is 26.2 Å². The monoisotopic (exact) mass is 566 g/mol. The number of halogens is 1. The lowest BCUT2D eigenvalue weighted by Crippen LogP contribution is -2.43. The average molecular weight is 567 g/mol. The van der Waals surface area contributed by atoms with Gasteiger partial charge in [0.2, 0.25) is 18.6 Å². The molecule has 4 heterocycles. The molecule has 2 amide bonds. The third-order valence-corrected chi connectivity index (χ3v) is 8.79. The van der Waals surface area contributed by atoms with Crippen LogP contribution in [0.3, 0.4) is 0 Å². The van der Waals surface area contributed by atoms with E-state index in [9.17, 15) is 9.59 Å². The number of ether oxygens (including phenoxy) is 2. The first-order valence-corrected chi connectivity index (χ1v) is 14.6. The largest absolute Gasteiger partial charge is 0.454 e. The molecule has 0 bridgehead atoms. The van der Waals surface area contributed by atoms with Gasteiger partial charge in [0.05, 0.1) is 22.4 Å². The van der Waals surface area contributed by atoms with Crippen molar-refractivity contribution in [2.45, 2.75) is 44.3 Å². The minimum atomic E-state index is -0.346. The van der Waals surface area contributed by atoms with E-state index in [1.807, 2.05) is 47.4 Å². The molecule has 6 rings (SSSR count). The Hall–Kier alpha value is -3.17. The summed E-state index contributed by atoms with van der Waals surface area (Å²) >= 11 is 7.96. The van der Waals surface area contributed by atoms with Crippen LogP contribution in [0.1, 0.15) is 55.7 Å². The second kappa shape index (κ2) is 10.1. The molecular weight excluding hydrogens is 536 g/mol. The Morgan fingerprint density at radius 1 is 1.10 bits per heavy atom. The molecule has 10 heteroatoms. The van der Waals surface area contributed by atoms with Gasteiger partial charge >= 0.3 is 0 Å². The molecule has 3 aliphatic rings. The molecule has 204 valence electrons. The van der Waals surface area contributed by atoms with E-state index in [0.717, 1.165) is 48.4 Å². The van der Waals surface area contributed by atoms with Gasteiger partial charge in [0.25, 0.3) is 0 Å². The first kappa shape index (κ1) is 26.1. The summed E-state index contributed by atoms with van der Waals surface area (Å²) in [6.45, 7) is 7.96. The number of fused-ring (bicyclic) bond motifs is 2. The number of anilines is 1. The van der Waals surface area contributed by atoms with Crippen LogP contribution in [0.2, 0.25) is 5.02 Å². The van der Waals surface area contributed by atoms with Gasteiger partial charge in [-0.15, -0.1) is 11.8 Å². The van der Waals surface area contributed by atoms with Gasteiger partial charge in [-0.3, -0.25) is 14.5 Å². The van der Waals surface area contributed by atoms with Gasteiger partial charge in [0.1, 0.15) is 12.4 Å². The Bertz CT molecular complexity index is 1440. The van der Waals surface area contributed by atoms with Crippen molar-refractivity contribution in [3.8, 4) is 17.2 Å². The average Bonchev–Trinajstić information content (AvgIpc) is 3.65. The van der Waals surface area contributed by atoms with Crippen LogP contribution in [0.25, 0.3) is 5.69 Å². The van der Waals surface area contributed by atoms with Gasteiger partial charge in [-0.1, -0.05) is 44.5 Å². The number of nitrogens with zero attached hydrogens (tertiary/aromatic N) is 4. The number of hydrogen-bond acceptors (Lipinski definition) is 6. The van der Waals surface area contributed by atoms with E-state index in [2.05, 4.69) is 20.8 Å². The number of thioether (sulfide) groups is 1. The molecule has 8 nitrogen and oxygen atoms in total. The minimum absolute atomic E-state index is 0.0317. The topological polar surface area (TPSA) is 76.9 Å². The van der Waals surface area contributed by atoms with Crippen LogP contribution in [0.5, 0.6) is 11.5 Å². The third-order valence-electron chi connectivity index (χ3n) is 7.30. The molecular formula is C29H31ClN4O4S. The van der Waals surface area contributed by atoms with Crippen molar-refractivity contribution in [2.75, 3.05) is 37.1 Å². The lowest BCUT2D eigenvalue weighted by Gasteiger charge is -2.26. The van der Waals surface area contributed by atoms with E-state index in [1.54, 1.807) is 21.3 Å². The van der Waals surface area contributed by atoms with Crippen molar-refractivity contribution < 1.29 is 19.1 Å².